The fourth-order valence-corrected chi connectivity index (χ4v) is 8.04. The number of hydrogen-bond acceptors (Lipinski definition) is 3. The molecule has 226 valence electrons. The van der Waals surface area contributed by atoms with Gasteiger partial charge in [0.05, 0.1) is 16.9 Å². The Hall–Kier alpha value is -6.06. The van der Waals surface area contributed by atoms with Crippen molar-refractivity contribution < 1.29 is 4.42 Å². The van der Waals surface area contributed by atoms with E-state index in [4.69, 9.17) is 14.4 Å². The van der Waals surface area contributed by atoms with E-state index >= 15 is 0 Å². The van der Waals surface area contributed by atoms with Crippen molar-refractivity contribution in [1.29, 1.82) is 0 Å². The molecule has 3 heterocycles. The Kier molecular flexibility index (Phi) is 5.63. The SMILES string of the molecule is CC1(C)c2ccccc2-c2ccc(-c3nc(-c4ccc(-c5cccc6oc7ccccc7c56)c5ccccc45)cc4ncccc34)cc21. The van der Waals surface area contributed by atoms with Crippen molar-refractivity contribution in [3.63, 3.8) is 0 Å². The normalized spacial score (nSPS) is 13.4. The van der Waals surface area contributed by atoms with Crippen molar-refractivity contribution in [2.75, 3.05) is 0 Å². The average Bonchev–Trinajstić information content (AvgIpc) is 3.63. The minimum atomic E-state index is -0.0944. The summed E-state index contributed by atoms with van der Waals surface area (Å²) in [5.41, 5.74) is 14.4. The van der Waals surface area contributed by atoms with E-state index in [0.29, 0.717) is 0 Å². The first-order chi connectivity index (χ1) is 23.6. The maximum absolute atomic E-state index is 6.26. The van der Waals surface area contributed by atoms with Gasteiger partial charge in [0.1, 0.15) is 11.2 Å². The van der Waals surface area contributed by atoms with E-state index < -0.39 is 0 Å². The maximum Gasteiger partial charge on any atom is 0.136 e. The first kappa shape index (κ1) is 27.1. The number of hydrogen-bond donors (Lipinski definition) is 0. The van der Waals surface area contributed by atoms with E-state index in [1.807, 2.05) is 24.4 Å². The van der Waals surface area contributed by atoms with Crippen LogP contribution in [0.15, 0.2) is 150 Å². The molecule has 6 aromatic carbocycles. The van der Waals surface area contributed by atoms with Crippen LogP contribution < -0.4 is 0 Å². The second-order valence-electron chi connectivity index (χ2n) is 13.3. The third-order valence-electron chi connectivity index (χ3n) is 10.3. The standard InChI is InChI=1S/C45H30N2O/c1-45(2)37-17-7-5-13-31(37)32-21-20-27(25-38(32)45)44-35-16-10-24-46-39(35)26-40(47-44)33-23-22-30(28-11-3-4-12-29(28)33)34-15-9-19-42-43(34)36-14-6-8-18-41(36)48-42/h3-26H,1-2H3. The van der Waals surface area contributed by atoms with Crippen LogP contribution in [0.1, 0.15) is 25.0 Å². The van der Waals surface area contributed by atoms with Crippen LogP contribution in [0.2, 0.25) is 0 Å². The lowest BCUT2D eigenvalue weighted by molar-refractivity contribution is 0.660. The van der Waals surface area contributed by atoms with Crippen LogP contribution in [0.3, 0.4) is 0 Å². The van der Waals surface area contributed by atoms with E-state index in [1.165, 1.54) is 33.2 Å². The van der Waals surface area contributed by atoms with Crippen LogP contribution in [0.5, 0.6) is 0 Å². The second-order valence-corrected chi connectivity index (χ2v) is 13.3. The number of nitrogens with zero attached hydrogens (tertiary/aromatic N) is 2. The number of para-hydroxylation sites is 1. The lowest BCUT2D eigenvalue weighted by Crippen LogP contribution is -2.14. The number of aromatic nitrogens is 2. The molecule has 1 aliphatic carbocycles. The first-order valence-electron chi connectivity index (χ1n) is 16.5. The molecule has 0 fully saturated rings. The quantitative estimate of drug-likeness (QED) is 0.199. The highest BCUT2D eigenvalue weighted by molar-refractivity contribution is 6.16. The molecule has 1 aliphatic rings. The first-order valence-corrected chi connectivity index (χ1v) is 16.5. The van der Waals surface area contributed by atoms with E-state index in [0.717, 1.165) is 66.3 Å². The molecule has 0 saturated carbocycles. The summed E-state index contributed by atoms with van der Waals surface area (Å²) in [6, 6.07) is 49.7. The highest BCUT2D eigenvalue weighted by Gasteiger charge is 2.35. The van der Waals surface area contributed by atoms with Gasteiger partial charge in [-0.15, -0.1) is 0 Å². The number of rotatable bonds is 3. The number of furan rings is 1. The number of pyridine rings is 2. The molecule has 0 aliphatic heterocycles. The van der Waals surface area contributed by atoms with Gasteiger partial charge in [0, 0.05) is 38.9 Å². The van der Waals surface area contributed by atoms with Crippen LogP contribution in [0.4, 0.5) is 0 Å². The van der Waals surface area contributed by atoms with E-state index in [2.05, 4.69) is 135 Å². The number of fused-ring (bicyclic) bond motifs is 8. The van der Waals surface area contributed by atoms with Crippen molar-refractivity contribution in [1.82, 2.24) is 9.97 Å². The Balaban J connectivity index is 1.18. The van der Waals surface area contributed by atoms with E-state index in [1.54, 1.807) is 0 Å². The molecule has 0 spiro atoms. The second kappa shape index (κ2) is 9.97. The van der Waals surface area contributed by atoms with E-state index in [9.17, 15) is 0 Å². The smallest absolute Gasteiger partial charge is 0.136 e. The van der Waals surface area contributed by atoms with Crippen molar-refractivity contribution in [3.8, 4) is 44.8 Å². The lowest BCUT2D eigenvalue weighted by Gasteiger charge is -2.22. The Morgan fingerprint density at radius 3 is 2.06 bits per heavy atom. The van der Waals surface area contributed by atoms with Gasteiger partial charge in [-0.1, -0.05) is 117 Å². The molecule has 3 nitrogen and oxygen atoms in total. The van der Waals surface area contributed by atoms with Crippen molar-refractivity contribution >= 4 is 43.6 Å². The van der Waals surface area contributed by atoms with Gasteiger partial charge in [-0.3, -0.25) is 4.98 Å². The third-order valence-corrected chi connectivity index (χ3v) is 10.3. The summed E-state index contributed by atoms with van der Waals surface area (Å²) < 4.78 is 6.26. The van der Waals surface area contributed by atoms with Gasteiger partial charge in [-0.25, -0.2) is 4.98 Å². The van der Waals surface area contributed by atoms with Crippen LogP contribution in [-0.4, -0.2) is 9.97 Å². The molecule has 3 heteroatoms. The largest absolute Gasteiger partial charge is 0.456 e. The molecule has 0 bridgehead atoms. The van der Waals surface area contributed by atoms with Gasteiger partial charge >= 0.3 is 0 Å². The average molecular weight is 615 g/mol. The topological polar surface area (TPSA) is 38.9 Å². The maximum atomic E-state index is 6.26. The predicted octanol–water partition coefficient (Wildman–Crippen LogP) is 12.0. The van der Waals surface area contributed by atoms with Gasteiger partial charge in [-0.05, 0) is 80.6 Å². The lowest BCUT2D eigenvalue weighted by atomic mass is 9.81. The Bertz CT molecular complexity index is 2770. The molecule has 10 rings (SSSR count). The molecule has 9 aromatic rings. The molecule has 0 saturated heterocycles. The summed E-state index contributed by atoms with van der Waals surface area (Å²) in [5.74, 6) is 0. The monoisotopic (exact) mass is 614 g/mol. The van der Waals surface area contributed by atoms with Crippen molar-refractivity contribution in [2.45, 2.75) is 19.3 Å². The fourth-order valence-electron chi connectivity index (χ4n) is 8.04. The highest BCUT2D eigenvalue weighted by atomic mass is 16.3. The molecule has 0 N–H and O–H groups in total. The summed E-state index contributed by atoms with van der Waals surface area (Å²) in [5, 5.41) is 5.65. The van der Waals surface area contributed by atoms with E-state index in [-0.39, 0.29) is 5.41 Å². The van der Waals surface area contributed by atoms with Crippen LogP contribution in [-0.2, 0) is 5.41 Å². The van der Waals surface area contributed by atoms with Gasteiger partial charge in [0.25, 0.3) is 0 Å². The molecule has 0 atom stereocenters. The number of benzene rings is 6. The van der Waals surface area contributed by atoms with Gasteiger partial charge in [-0.2, -0.15) is 0 Å². The summed E-state index contributed by atoms with van der Waals surface area (Å²) in [4.78, 5) is 10.3. The van der Waals surface area contributed by atoms with Crippen molar-refractivity contribution in [2.24, 2.45) is 0 Å². The van der Waals surface area contributed by atoms with Crippen LogP contribution >= 0.6 is 0 Å². The van der Waals surface area contributed by atoms with Gasteiger partial charge in [0.2, 0.25) is 0 Å². The summed E-state index contributed by atoms with van der Waals surface area (Å²) in [6.07, 6.45) is 1.87. The Morgan fingerprint density at radius 1 is 0.500 bits per heavy atom. The molecule has 0 amide bonds. The molecule has 48 heavy (non-hydrogen) atoms. The Labute approximate surface area is 278 Å². The molecule has 3 aromatic heterocycles. The molecule has 0 unspecified atom stereocenters. The minimum absolute atomic E-state index is 0.0944. The Morgan fingerprint density at radius 2 is 1.17 bits per heavy atom. The van der Waals surface area contributed by atoms with Crippen molar-refractivity contribution in [3.05, 3.63) is 157 Å². The van der Waals surface area contributed by atoms with Gasteiger partial charge in [0.15, 0.2) is 0 Å². The fraction of sp³-hybridized carbons (Fsp3) is 0.0667. The zero-order valence-electron chi connectivity index (χ0n) is 26.7. The summed E-state index contributed by atoms with van der Waals surface area (Å²) in [6.45, 7) is 4.65. The highest BCUT2D eigenvalue weighted by Crippen LogP contribution is 2.50. The predicted molar refractivity (Wildman–Crippen MR) is 198 cm³/mol. The summed E-state index contributed by atoms with van der Waals surface area (Å²) in [7, 11) is 0. The van der Waals surface area contributed by atoms with Crippen LogP contribution in [0.25, 0.3) is 88.4 Å². The molecule has 0 radical (unpaired) electrons. The van der Waals surface area contributed by atoms with Crippen LogP contribution in [0, 0.1) is 0 Å². The third kappa shape index (κ3) is 3.82. The minimum Gasteiger partial charge on any atom is -0.456 e. The zero-order valence-corrected chi connectivity index (χ0v) is 26.7. The van der Waals surface area contributed by atoms with Gasteiger partial charge < -0.3 is 4.42 Å². The molecular formula is C45H30N2O. The summed E-state index contributed by atoms with van der Waals surface area (Å²) >= 11 is 0. The molecular weight excluding hydrogens is 585 g/mol. The zero-order chi connectivity index (χ0) is 32.0.